The predicted octanol–water partition coefficient (Wildman–Crippen LogP) is 3.22. The van der Waals surface area contributed by atoms with Crippen molar-refractivity contribution in [2.45, 2.75) is 82.3 Å². The average Bonchev–Trinajstić information content (AvgIpc) is 3.72. The number of aliphatic hydroxyl groups excluding tert-OH is 1. The third kappa shape index (κ3) is 3.65. The van der Waals surface area contributed by atoms with E-state index in [9.17, 15) is 14.7 Å². The van der Waals surface area contributed by atoms with Crippen LogP contribution in [0.15, 0.2) is 6.07 Å². The van der Waals surface area contributed by atoms with E-state index in [0.717, 1.165) is 36.7 Å². The number of carbonyl (C=O) groups excluding carboxylic acids is 2. The SMILES string of the molecule is Cc1c(C2CC2)cc2c(nc(C(=O)N3CCN([C@H]4CC[C@H](O)CC4)C(=O)C3)n2C)c1C1CC1. The molecule has 33 heavy (non-hydrogen) atoms. The van der Waals surface area contributed by atoms with Crippen LogP contribution in [0.2, 0.25) is 0 Å². The lowest BCUT2D eigenvalue weighted by molar-refractivity contribution is -0.138. The molecule has 4 fully saturated rings. The first-order valence-corrected chi connectivity index (χ1v) is 12.7. The van der Waals surface area contributed by atoms with Crippen LogP contribution < -0.4 is 0 Å². The molecule has 0 atom stereocenters. The Labute approximate surface area is 194 Å². The first-order valence-electron chi connectivity index (χ1n) is 12.7. The summed E-state index contributed by atoms with van der Waals surface area (Å²) in [5.41, 5.74) is 6.21. The zero-order valence-corrected chi connectivity index (χ0v) is 19.7. The summed E-state index contributed by atoms with van der Waals surface area (Å²) in [6.07, 6.45) is 7.89. The van der Waals surface area contributed by atoms with Crippen LogP contribution in [0.1, 0.15) is 90.5 Å². The van der Waals surface area contributed by atoms with Crippen LogP contribution >= 0.6 is 0 Å². The highest BCUT2D eigenvalue weighted by molar-refractivity contribution is 5.98. The van der Waals surface area contributed by atoms with Gasteiger partial charge in [0, 0.05) is 26.2 Å². The van der Waals surface area contributed by atoms with E-state index in [-0.39, 0.29) is 30.5 Å². The van der Waals surface area contributed by atoms with Gasteiger partial charge in [-0.05, 0) is 92.9 Å². The van der Waals surface area contributed by atoms with Gasteiger partial charge in [-0.1, -0.05) is 0 Å². The van der Waals surface area contributed by atoms with Crippen molar-refractivity contribution in [3.8, 4) is 0 Å². The summed E-state index contributed by atoms with van der Waals surface area (Å²) in [6.45, 7) is 3.45. The summed E-state index contributed by atoms with van der Waals surface area (Å²) in [5, 5.41) is 9.78. The number of aryl methyl sites for hydroxylation is 1. The smallest absolute Gasteiger partial charge is 0.290 e. The molecule has 7 nitrogen and oxygen atoms in total. The van der Waals surface area contributed by atoms with Crippen LogP contribution in [-0.4, -0.2) is 68.1 Å². The summed E-state index contributed by atoms with van der Waals surface area (Å²) in [6, 6.07) is 2.46. The van der Waals surface area contributed by atoms with Gasteiger partial charge >= 0.3 is 0 Å². The predicted molar refractivity (Wildman–Crippen MR) is 125 cm³/mol. The quantitative estimate of drug-likeness (QED) is 0.776. The Balaban J connectivity index is 1.26. The van der Waals surface area contributed by atoms with Gasteiger partial charge in [-0.3, -0.25) is 9.59 Å². The average molecular weight is 451 g/mol. The number of hydrogen-bond donors (Lipinski definition) is 1. The molecule has 0 spiro atoms. The standard InChI is InChI=1S/C26H34N4O3/c1-15-20(16-3-4-16)13-21-24(23(15)17-5-6-17)27-25(28(21)2)26(33)29-11-12-30(22(32)14-29)18-7-9-19(31)10-8-18/h13,16-19,31H,3-12,14H2,1-2H3/t18-,19-. The van der Waals surface area contributed by atoms with Crippen molar-refractivity contribution in [1.82, 2.24) is 19.4 Å². The van der Waals surface area contributed by atoms with Crippen molar-refractivity contribution in [2.24, 2.45) is 7.05 Å². The van der Waals surface area contributed by atoms with E-state index >= 15 is 0 Å². The van der Waals surface area contributed by atoms with Gasteiger partial charge in [0.05, 0.1) is 17.1 Å². The molecule has 1 aromatic heterocycles. The topological polar surface area (TPSA) is 78.7 Å². The van der Waals surface area contributed by atoms with Gasteiger partial charge in [0.15, 0.2) is 5.82 Å². The molecule has 2 heterocycles. The second-order valence-electron chi connectivity index (χ2n) is 10.7. The molecule has 1 aliphatic heterocycles. The molecule has 6 rings (SSSR count). The molecule has 7 heteroatoms. The largest absolute Gasteiger partial charge is 0.393 e. The number of fused-ring (bicyclic) bond motifs is 1. The minimum Gasteiger partial charge on any atom is -0.393 e. The summed E-state index contributed by atoms with van der Waals surface area (Å²) in [5.74, 6) is 1.55. The molecule has 0 unspecified atom stereocenters. The van der Waals surface area contributed by atoms with Crippen LogP contribution in [0.3, 0.4) is 0 Å². The van der Waals surface area contributed by atoms with Crippen LogP contribution in [0.25, 0.3) is 11.0 Å². The maximum absolute atomic E-state index is 13.5. The number of nitrogens with zero attached hydrogens (tertiary/aromatic N) is 4. The van der Waals surface area contributed by atoms with Crippen LogP contribution in [0.4, 0.5) is 0 Å². The Bertz CT molecular complexity index is 1120. The molecule has 1 saturated heterocycles. The highest BCUT2D eigenvalue weighted by Gasteiger charge is 2.37. The molecule has 1 aromatic carbocycles. The lowest BCUT2D eigenvalue weighted by atomic mass is 9.91. The fourth-order valence-corrected chi connectivity index (χ4v) is 6.10. The second kappa shape index (κ2) is 7.83. The molecule has 2 aromatic rings. The zero-order chi connectivity index (χ0) is 22.9. The maximum Gasteiger partial charge on any atom is 0.290 e. The number of piperazine rings is 1. The third-order valence-electron chi connectivity index (χ3n) is 8.37. The number of carbonyl (C=O) groups is 2. The Kier molecular flexibility index (Phi) is 5.02. The molecule has 4 aliphatic rings. The second-order valence-corrected chi connectivity index (χ2v) is 10.7. The zero-order valence-electron chi connectivity index (χ0n) is 19.7. The first-order chi connectivity index (χ1) is 15.9. The number of amides is 2. The molecular formula is C26H34N4O3. The Morgan fingerprint density at radius 1 is 1.03 bits per heavy atom. The van der Waals surface area contributed by atoms with E-state index in [2.05, 4.69) is 13.0 Å². The Morgan fingerprint density at radius 3 is 2.36 bits per heavy atom. The van der Waals surface area contributed by atoms with Crippen molar-refractivity contribution in [2.75, 3.05) is 19.6 Å². The highest BCUT2D eigenvalue weighted by Crippen LogP contribution is 2.49. The van der Waals surface area contributed by atoms with E-state index in [1.165, 1.54) is 42.4 Å². The summed E-state index contributed by atoms with van der Waals surface area (Å²) in [7, 11) is 1.94. The number of benzene rings is 1. The fourth-order valence-electron chi connectivity index (χ4n) is 6.10. The summed E-state index contributed by atoms with van der Waals surface area (Å²) in [4.78, 5) is 34.9. The van der Waals surface area contributed by atoms with E-state index in [1.807, 2.05) is 16.5 Å². The van der Waals surface area contributed by atoms with Gasteiger partial charge in [-0.2, -0.15) is 0 Å². The van der Waals surface area contributed by atoms with Gasteiger partial charge < -0.3 is 19.5 Å². The van der Waals surface area contributed by atoms with E-state index in [4.69, 9.17) is 4.98 Å². The minimum atomic E-state index is -0.235. The van der Waals surface area contributed by atoms with Gasteiger partial charge in [-0.15, -0.1) is 0 Å². The fraction of sp³-hybridized carbons (Fsp3) is 0.654. The monoisotopic (exact) mass is 450 g/mol. The Morgan fingerprint density at radius 2 is 1.73 bits per heavy atom. The molecule has 176 valence electrons. The van der Waals surface area contributed by atoms with Crippen molar-refractivity contribution < 1.29 is 14.7 Å². The van der Waals surface area contributed by atoms with Crippen LogP contribution in [-0.2, 0) is 11.8 Å². The first kappa shape index (κ1) is 21.1. The molecule has 2 amide bonds. The lowest BCUT2D eigenvalue weighted by Gasteiger charge is -2.41. The lowest BCUT2D eigenvalue weighted by Crippen LogP contribution is -2.56. The van der Waals surface area contributed by atoms with E-state index in [1.54, 1.807) is 4.90 Å². The van der Waals surface area contributed by atoms with Crippen molar-refractivity contribution >= 4 is 22.8 Å². The number of hydrogen-bond acceptors (Lipinski definition) is 4. The summed E-state index contributed by atoms with van der Waals surface area (Å²) >= 11 is 0. The number of aliphatic hydroxyl groups is 1. The molecule has 0 radical (unpaired) electrons. The molecule has 0 bridgehead atoms. The van der Waals surface area contributed by atoms with Crippen molar-refractivity contribution in [3.05, 3.63) is 28.6 Å². The van der Waals surface area contributed by atoms with E-state index < -0.39 is 0 Å². The van der Waals surface area contributed by atoms with Crippen molar-refractivity contribution in [3.63, 3.8) is 0 Å². The third-order valence-corrected chi connectivity index (χ3v) is 8.37. The molecule has 3 saturated carbocycles. The highest BCUT2D eigenvalue weighted by atomic mass is 16.3. The number of imidazole rings is 1. The summed E-state index contributed by atoms with van der Waals surface area (Å²) < 4.78 is 1.95. The van der Waals surface area contributed by atoms with Crippen LogP contribution in [0.5, 0.6) is 0 Å². The molecule has 1 N–H and O–H groups in total. The maximum atomic E-state index is 13.5. The number of rotatable bonds is 4. The molecular weight excluding hydrogens is 416 g/mol. The Hall–Kier alpha value is -2.41. The van der Waals surface area contributed by atoms with Gasteiger partial charge in [0.2, 0.25) is 5.91 Å². The van der Waals surface area contributed by atoms with Gasteiger partial charge in [0.25, 0.3) is 5.91 Å². The van der Waals surface area contributed by atoms with E-state index in [0.29, 0.717) is 30.7 Å². The normalized spacial score (nSPS) is 26.3. The van der Waals surface area contributed by atoms with Gasteiger partial charge in [-0.25, -0.2) is 4.98 Å². The number of aromatic nitrogens is 2. The van der Waals surface area contributed by atoms with Crippen molar-refractivity contribution in [1.29, 1.82) is 0 Å². The van der Waals surface area contributed by atoms with Crippen LogP contribution in [0, 0.1) is 6.92 Å². The van der Waals surface area contributed by atoms with Gasteiger partial charge in [0.1, 0.15) is 6.54 Å². The molecule has 3 aliphatic carbocycles. The minimum absolute atomic E-state index is 0.0142.